The van der Waals surface area contributed by atoms with Gasteiger partial charge in [0.05, 0.1) is 12.6 Å². The smallest absolute Gasteiger partial charge is 0.305 e. The fourth-order valence-electron chi connectivity index (χ4n) is 2.96. The van der Waals surface area contributed by atoms with Gasteiger partial charge in [-0.3, -0.25) is 14.5 Å². The van der Waals surface area contributed by atoms with Crippen molar-refractivity contribution < 1.29 is 14.7 Å². The molecule has 1 amide bonds. The van der Waals surface area contributed by atoms with Gasteiger partial charge in [0.2, 0.25) is 5.91 Å². The number of hydrogen-bond acceptors (Lipinski definition) is 6. The number of carboxylic acid groups (broad SMARTS) is 1. The summed E-state index contributed by atoms with van der Waals surface area (Å²) in [4.78, 5) is 25.0. The average molecular weight is 419 g/mol. The molecule has 29 heavy (non-hydrogen) atoms. The van der Waals surface area contributed by atoms with E-state index < -0.39 is 11.2 Å². The predicted molar refractivity (Wildman–Crippen MR) is 118 cm³/mol. The fourth-order valence-corrected chi connectivity index (χ4v) is 3.87. The van der Waals surface area contributed by atoms with Crippen LogP contribution >= 0.6 is 11.8 Å². The second kappa shape index (κ2) is 12.4. The lowest BCUT2D eigenvalue weighted by molar-refractivity contribution is -0.138. The molecule has 1 heterocycles. The Labute approximate surface area is 176 Å². The first kappa shape index (κ1) is 23.1. The van der Waals surface area contributed by atoms with Crippen molar-refractivity contribution >= 4 is 35.0 Å². The summed E-state index contributed by atoms with van der Waals surface area (Å²) in [5, 5.41) is 19.1. The van der Waals surface area contributed by atoms with Crippen LogP contribution in [-0.2, 0) is 16.1 Å². The molecule has 1 fully saturated rings. The van der Waals surface area contributed by atoms with Crippen LogP contribution < -0.4 is 5.32 Å². The minimum absolute atomic E-state index is 0.228. The van der Waals surface area contributed by atoms with E-state index >= 15 is 0 Å². The summed E-state index contributed by atoms with van der Waals surface area (Å²) in [6.45, 7) is 7.56. The Morgan fingerprint density at radius 2 is 2.00 bits per heavy atom. The molecule has 1 aromatic carbocycles. The first-order chi connectivity index (χ1) is 14.0. The minimum atomic E-state index is -1.01. The van der Waals surface area contributed by atoms with Gasteiger partial charge in [-0.25, -0.2) is 0 Å². The number of amidine groups is 1. The Bertz CT molecular complexity index is 743. The standard InChI is InChI=1S/C21H30N4O3S/c1-3-5-10-25(11-6-4-2)15-17-9-7-8-16(12-17)14-22-24-21-23-20(28)18(29-21)13-19(26)27/h7-9,12,14,18H,3-6,10-11,13,15H2,1-2H3,(H,26,27)(H,23,24,28). The molecule has 2 rings (SSSR count). The number of aliphatic carboxylic acids is 1. The molecule has 1 atom stereocenters. The SMILES string of the molecule is CCCCN(CCCC)Cc1cccc(C=NN=C2NC(=O)C(CC(=O)O)S2)c1. The first-order valence-electron chi connectivity index (χ1n) is 10.1. The fraction of sp³-hybridized carbons (Fsp3) is 0.524. The third-order valence-electron chi connectivity index (χ3n) is 4.50. The van der Waals surface area contributed by atoms with Gasteiger partial charge >= 0.3 is 5.97 Å². The third kappa shape index (κ3) is 8.37. The van der Waals surface area contributed by atoms with E-state index in [4.69, 9.17) is 5.11 Å². The molecule has 0 aliphatic carbocycles. The summed E-state index contributed by atoms with van der Waals surface area (Å²) in [6.07, 6.45) is 6.21. The van der Waals surface area contributed by atoms with Crippen LogP contribution in [0, 0.1) is 0 Å². The van der Waals surface area contributed by atoms with Crippen molar-refractivity contribution in [3.05, 3.63) is 35.4 Å². The molecule has 8 heteroatoms. The second-order valence-electron chi connectivity index (χ2n) is 7.07. The molecular weight excluding hydrogens is 388 g/mol. The number of thioether (sulfide) groups is 1. The van der Waals surface area contributed by atoms with Gasteiger partial charge in [0.15, 0.2) is 5.17 Å². The number of carboxylic acids is 1. The van der Waals surface area contributed by atoms with Crippen molar-refractivity contribution in [3.63, 3.8) is 0 Å². The summed E-state index contributed by atoms with van der Waals surface area (Å²) in [5.41, 5.74) is 2.17. The summed E-state index contributed by atoms with van der Waals surface area (Å²) in [6, 6.07) is 8.19. The van der Waals surface area contributed by atoms with Gasteiger partial charge in [-0.2, -0.15) is 5.10 Å². The highest BCUT2D eigenvalue weighted by Crippen LogP contribution is 2.22. The van der Waals surface area contributed by atoms with E-state index in [0.29, 0.717) is 5.17 Å². The van der Waals surface area contributed by atoms with Crippen molar-refractivity contribution in [1.82, 2.24) is 10.2 Å². The molecule has 0 bridgehead atoms. The number of rotatable bonds is 12. The van der Waals surface area contributed by atoms with Crippen LogP contribution in [0.25, 0.3) is 0 Å². The molecule has 0 spiro atoms. The molecular formula is C21H30N4O3S. The van der Waals surface area contributed by atoms with Gasteiger partial charge in [0.25, 0.3) is 0 Å². The van der Waals surface area contributed by atoms with E-state index in [9.17, 15) is 9.59 Å². The number of nitrogens with one attached hydrogen (secondary N) is 1. The van der Waals surface area contributed by atoms with Crippen molar-refractivity contribution in [2.45, 2.75) is 57.7 Å². The molecule has 7 nitrogen and oxygen atoms in total. The molecule has 1 aliphatic heterocycles. The number of carbonyl (C=O) groups excluding carboxylic acids is 1. The first-order valence-corrected chi connectivity index (χ1v) is 11.0. The van der Waals surface area contributed by atoms with Crippen molar-refractivity contribution in [1.29, 1.82) is 0 Å². The van der Waals surface area contributed by atoms with E-state index in [-0.39, 0.29) is 12.3 Å². The van der Waals surface area contributed by atoms with Gasteiger partial charge in [-0.05, 0) is 43.1 Å². The maximum Gasteiger partial charge on any atom is 0.305 e. The average Bonchev–Trinajstić information content (AvgIpc) is 3.03. The molecule has 158 valence electrons. The van der Waals surface area contributed by atoms with Crippen LogP contribution in [0.3, 0.4) is 0 Å². The quantitative estimate of drug-likeness (QED) is 0.400. The van der Waals surface area contributed by atoms with E-state index in [1.54, 1.807) is 6.21 Å². The lowest BCUT2D eigenvalue weighted by Gasteiger charge is -2.22. The highest BCUT2D eigenvalue weighted by Gasteiger charge is 2.32. The van der Waals surface area contributed by atoms with Crippen LogP contribution in [0.4, 0.5) is 0 Å². The van der Waals surface area contributed by atoms with Gasteiger partial charge in [-0.15, -0.1) is 5.10 Å². The van der Waals surface area contributed by atoms with E-state index in [1.165, 1.54) is 31.2 Å². The van der Waals surface area contributed by atoms with Gasteiger partial charge in [0.1, 0.15) is 5.25 Å². The van der Waals surface area contributed by atoms with E-state index in [0.717, 1.165) is 37.0 Å². The summed E-state index contributed by atoms with van der Waals surface area (Å²) >= 11 is 1.10. The predicted octanol–water partition coefficient (Wildman–Crippen LogP) is 3.49. The topological polar surface area (TPSA) is 94.4 Å². The van der Waals surface area contributed by atoms with Gasteiger partial charge in [0, 0.05) is 6.54 Å². The molecule has 1 aromatic rings. The molecule has 1 unspecified atom stereocenters. The van der Waals surface area contributed by atoms with Crippen LogP contribution in [-0.4, -0.2) is 51.6 Å². The number of amides is 1. The number of benzene rings is 1. The molecule has 0 aromatic heterocycles. The Balaban J connectivity index is 1.96. The summed E-state index contributed by atoms with van der Waals surface area (Å²) in [7, 11) is 0. The molecule has 0 saturated carbocycles. The van der Waals surface area contributed by atoms with Gasteiger partial charge < -0.3 is 10.4 Å². The van der Waals surface area contributed by atoms with Crippen LogP contribution in [0.15, 0.2) is 34.5 Å². The van der Waals surface area contributed by atoms with E-state index in [1.807, 2.05) is 12.1 Å². The van der Waals surface area contributed by atoms with Crippen molar-refractivity contribution in [3.8, 4) is 0 Å². The molecule has 1 saturated heterocycles. The van der Waals surface area contributed by atoms with E-state index in [2.05, 4.69) is 46.4 Å². The number of nitrogens with zero attached hydrogens (tertiary/aromatic N) is 3. The van der Waals surface area contributed by atoms with Crippen molar-refractivity contribution in [2.75, 3.05) is 13.1 Å². The molecule has 1 aliphatic rings. The zero-order valence-corrected chi connectivity index (χ0v) is 18.0. The largest absolute Gasteiger partial charge is 0.481 e. The minimum Gasteiger partial charge on any atom is -0.481 e. The zero-order valence-electron chi connectivity index (χ0n) is 17.1. The van der Waals surface area contributed by atoms with Crippen LogP contribution in [0.1, 0.15) is 57.1 Å². The maximum atomic E-state index is 11.7. The Hall–Kier alpha value is -2.19. The zero-order chi connectivity index (χ0) is 21.1. The summed E-state index contributed by atoms with van der Waals surface area (Å²) in [5.74, 6) is -1.35. The Morgan fingerprint density at radius 1 is 1.28 bits per heavy atom. The second-order valence-corrected chi connectivity index (χ2v) is 8.26. The maximum absolute atomic E-state index is 11.7. The highest BCUT2D eigenvalue weighted by molar-refractivity contribution is 8.15. The Kier molecular flexibility index (Phi) is 9.87. The molecule has 2 N–H and O–H groups in total. The number of unbranched alkanes of at least 4 members (excludes halogenated alkanes) is 2. The number of carbonyl (C=O) groups is 2. The monoisotopic (exact) mass is 418 g/mol. The lowest BCUT2D eigenvalue weighted by Crippen LogP contribution is -2.26. The molecule has 0 radical (unpaired) electrons. The lowest BCUT2D eigenvalue weighted by atomic mass is 10.1. The van der Waals surface area contributed by atoms with Crippen LogP contribution in [0.5, 0.6) is 0 Å². The summed E-state index contributed by atoms with van der Waals surface area (Å²) < 4.78 is 0. The third-order valence-corrected chi connectivity index (χ3v) is 5.58. The number of hydrogen-bond donors (Lipinski definition) is 2. The van der Waals surface area contributed by atoms with Gasteiger partial charge in [-0.1, -0.05) is 56.7 Å². The van der Waals surface area contributed by atoms with Crippen LogP contribution in [0.2, 0.25) is 0 Å². The van der Waals surface area contributed by atoms with Crippen molar-refractivity contribution in [2.24, 2.45) is 10.2 Å². The normalized spacial score (nSPS) is 18.1. The Morgan fingerprint density at radius 3 is 2.66 bits per heavy atom. The highest BCUT2D eigenvalue weighted by atomic mass is 32.2.